The molecule has 0 bridgehead atoms. The van der Waals surface area contributed by atoms with E-state index in [9.17, 15) is 4.79 Å². The van der Waals surface area contributed by atoms with E-state index in [1.807, 2.05) is 29.6 Å². The van der Waals surface area contributed by atoms with Crippen molar-refractivity contribution < 1.29 is 9.53 Å². The minimum atomic E-state index is -0.0381. The maximum absolute atomic E-state index is 12.0. The largest absolute Gasteiger partial charge is 0.482 e. The number of carbonyl (C=O) groups excluding carboxylic acids is 1. The molecule has 2 heterocycles. The van der Waals surface area contributed by atoms with Gasteiger partial charge in [-0.25, -0.2) is 0 Å². The number of halogens is 2. The van der Waals surface area contributed by atoms with E-state index in [0.29, 0.717) is 10.6 Å². The molecule has 6 heteroatoms. The first-order valence-electron chi connectivity index (χ1n) is 6.09. The van der Waals surface area contributed by atoms with Crippen LogP contribution in [0.15, 0.2) is 50.9 Å². The number of carbonyl (C=O) groups is 1. The Labute approximate surface area is 142 Å². The van der Waals surface area contributed by atoms with E-state index in [2.05, 4.69) is 36.8 Å². The van der Waals surface area contributed by atoms with Gasteiger partial charge in [0, 0.05) is 16.1 Å². The highest BCUT2D eigenvalue weighted by Gasteiger charge is 2.14. The standard InChI is InChI=1S/C15H9Br2NO2S/c16-10-7-11(17)15(14-9(10)3-1-5-18-14)20-8-12(19)13-4-2-6-21-13/h1-7H,8H2. The van der Waals surface area contributed by atoms with Crippen molar-refractivity contribution in [3.05, 3.63) is 55.7 Å². The third-order valence-corrected chi connectivity index (χ3v) is 5.05. The molecule has 0 N–H and O–H groups in total. The fraction of sp³-hybridized carbons (Fsp3) is 0.0667. The van der Waals surface area contributed by atoms with Gasteiger partial charge < -0.3 is 4.74 Å². The lowest BCUT2D eigenvalue weighted by Crippen LogP contribution is -2.10. The van der Waals surface area contributed by atoms with E-state index in [1.54, 1.807) is 12.3 Å². The Morgan fingerprint density at radius 1 is 1.24 bits per heavy atom. The van der Waals surface area contributed by atoms with Crippen molar-refractivity contribution in [2.45, 2.75) is 0 Å². The molecule has 0 saturated carbocycles. The Morgan fingerprint density at radius 3 is 2.86 bits per heavy atom. The molecule has 0 fully saturated rings. The zero-order valence-electron chi connectivity index (χ0n) is 10.7. The van der Waals surface area contributed by atoms with Crippen LogP contribution in [0.3, 0.4) is 0 Å². The summed E-state index contributed by atoms with van der Waals surface area (Å²) < 4.78 is 7.41. The lowest BCUT2D eigenvalue weighted by molar-refractivity contribution is 0.0926. The van der Waals surface area contributed by atoms with Gasteiger partial charge >= 0.3 is 0 Å². The summed E-state index contributed by atoms with van der Waals surface area (Å²) in [5, 5.41) is 2.82. The number of hydrogen-bond acceptors (Lipinski definition) is 4. The van der Waals surface area contributed by atoms with Crippen LogP contribution in [0.4, 0.5) is 0 Å². The van der Waals surface area contributed by atoms with Crippen molar-refractivity contribution in [2.24, 2.45) is 0 Å². The van der Waals surface area contributed by atoms with Gasteiger partial charge in [0.2, 0.25) is 5.78 Å². The van der Waals surface area contributed by atoms with Crippen LogP contribution in [0, 0.1) is 0 Å². The summed E-state index contributed by atoms with van der Waals surface area (Å²) in [6, 6.07) is 9.36. The number of rotatable bonds is 4. The maximum Gasteiger partial charge on any atom is 0.210 e. The second-order valence-corrected chi connectivity index (χ2v) is 6.91. The Morgan fingerprint density at radius 2 is 2.10 bits per heavy atom. The summed E-state index contributed by atoms with van der Waals surface area (Å²) in [7, 11) is 0. The smallest absolute Gasteiger partial charge is 0.210 e. The number of Topliss-reactive ketones (excluding diaryl/α,β-unsaturated/α-hetero) is 1. The molecule has 0 amide bonds. The fourth-order valence-corrected chi connectivity index (χ4v) is 3.97. The molecule has 21 heavy (non-hydrogen) atoms. The number of benzene rings is 1. The summed E-state index contributed by atoms with van der Waals surface area (Å²) in [4.78, 5) is 17.1. The summed E-state index contributed by atoms with van der Waals surface area (Å²) >= 11 is 8.38. The molecule has 0 saturated heterocycles. The predicted molar refractivity (Wildman–Crippen MR) is 91.3 cm³/mol. The molecule has 0 atom stereocenters. The molecule has 0 aliphatic carbocycles. The second-order valence-electron chi connectivity index (χ2n) is 4.26. The average Bonchev–Trinajstić information content (AvgIpc) is 3.01. The van der Waals surface area contributed by atoms with Crippen LogP contribution in [0.1, 0.15) is 9.67 Å². The summed E-state index contributed by atoms with van der Waals surface area (Å²) in [5.41, 5.74) is 0.720. The third-order valence-electron chi connectivity index (χ3n) is 2.89. The first kappa shape index (κ1) is 14.7. The van der Waals surface area contributed by atoms with Crippen LogP contribution in [-0.4, -0.2) is 17.4 Å². The average molecular weight is 427 g/mol. The number of pyridine rings is 1. The van der Waals surface area contributed by atoms with Crippen molar-refractivity contribution >= 4 is 59.9 Å². The van der Waals surface area contributed by atoms with Crippen LogP contribution < -0.4 is 4.74 Å². The summed E-state index contributed by atoms with van der Waals surface area (Å²) in [5.74, 6) is 0.544. The molecule has 2 aromatic heterocycles. The highest BCUT2D eigenvalue weighted by Crippen LogP contribution is 2.37. The van der Waals surface area contributed by atoms with Gasteiger partial charge in [-0.2, -0.15) is 0 Å². The Bertz CT molecular complexity index is 803. The molecule has 0 radical (unpaired) electrons. The zero-order valence-corrected chi connectivity index (χ0v) is 14.7. The third kappa shape index (κ3) is 3.02. The van der Waals surface area contributed by atoms with E-state index in [-0.39, 0.29) is 12.4 Å². The van der Waals surface area contributed by atoms with Gasteiger partial charge in [0.15, 0.2) is 12.4 Å². The van der Waals surface area contributed by atoms with Crippen molar-refractivity contribution in [3.63, 3.8) is 0 Å². The van der Waals surface area contributed by atoms with E-state index in [0.717, 1.165) is 19.8 Å². The molecule has 3 aromatic rings. The van der Waals surface area contributed by atoms with Gasteiger partial charge in [-0.3, -0.25) is 9.78 Å². The molecule has 1 aromatic carbocycles. The van der Waals surface area contributed by atoms with Gasteiger partial charge in [-0.05, 0) is 39.5 Å². The Balaban J connectivity index is 1.92. The summed E-state index contributed by atoms with van der Waals surface area (Å²) in [6.45, 7) is -0.00752. The van der Waals surface area contributed by atoms with Crippen LogP contribution in [-0.2, 0) is 0 Å². The highest BCUT2D eigenvalue weighted by atomic mass is 79.9. The van der Waals surface area contributed by atoms with Gasteiger partial charge in [0.05, 0.1) is 9.35 Å². The number of ketones is 1. The van der Waals surface area contributed by atoms with Crippen molar-refractivity contribution in [3.8, 4) is 5.75 Å². The van der Waals surface area contributed by atoms with Crippen molar-refractivity contribution in [1.29, 1.82) is 0 Å². The lowest BCUT2D eigenvalue weighted by Gasteiger charge is -2.11. The minimum Gasteiger partial charge on any atom is -0.482 e. The number of nitrogens with zero attached hydrogens (tertiary/aromatic N) is 1. The van der Waals surface area contributed by atoms with E-state index >= 15 is 0 Å². The van der Waals surface area contributed by atoms with Crippen LogP contribution in [0.2, 0.25) is 0 Å². The SMILES string of the molecule is O=C(COc1c(Br)cc(Br)c2cccnc12)c1cccs1. The van der Waals surface area contributed by atoms with Gasteiger partial charge in [-0.15, -0.1) is 11.3 Å². The molecule has 0 aliphatic heterocycles. The molecule has 0 aliphatic rings. The number of fused-ring (bicyclic) bond motifs is 1. The Kier molecular flexibility index (Phi) is 4.37. The van der Waals surface area contributed by atoms with Crippen molar-refractivity contribution in [2.75, 3.05) is 6.61 Å². The number of hydrogen-bond donors (Lipinski definition) is 0. The Hall–Kier alpha value is -1.24. The topological polar surface area (TPSA) is 39.2 Å². The minimum absolute atomic E-state index is 0.00752. The quantitative estimate of drug-likeness (QED) is 0.546. The summed E-state index contributed by atoms with van der Waals surface area (Å²) in [6.07, 6.45) is 1.70. The normalized spacial score (nSPS) is 10.8. The highest BCUT2D eigenvalue weighted by molar-refractivity contribution is 9.11. The van der Waals surface area contributed by atoms with E-state index < -0.39 is 0 Å². The molecular formula is C15H9Br2NO2S. The van der Waals surface area contributed by atoms with Crippen LogP contribution in [0.25, 0.3) is 10.9 Å². The fourth-order valence-electron chi connectivity index (χ4n) is 1.93. The van der Waals surface area contributed by atoms with Gasteiger partial charge in [0.1, 0.15) is 5.52 Å². The van der Waals surface area contributed by atoms with Crippen LogP contribution >= 0.6 is 43.2 Å². The van der Waals surface area contributed by atoms with Gasteiger partial charge in [0.25, 0.3) is 0 Å². The molecule has 106 valence electrons. The monoisotopic (exact) mass is 425 g/mol. The zero-order chi connectivity index (χ0) is 14.8. The first-order valence-corrected chi connectivity index (χ1v) is 8.55. The molecule has 3 rings (SSSR count). The molecular weight excluding hydrogens is 418 g/mol. The predicted octanol–water partition coefficient (Wildman–Crippen LogP) is 5.08. The lowest BCUT2D eigenvalue weighted by atomic mass is 10.2. The molecule has 0 spiro atoms. The second kappa shape index (κ2) is 6.25. The molecule has 3 nitrogen and oxygen atoms in total. The first-order chi connectivity index (χ1) is 10.2. The molecule has 0 unspecified atom stereocenters. The number of thiophene rings is 1. The number of aromatic nitrogens is 1. The maximum atomic E-state index is 12.0. The van der Waals surface area contributed by atoms with Crippen molar-refractivity contribution in [1.82, 2.24) is 4.98 Å². The van der Waals surface area contributed by atoms with Crippen LogP contribution in [0.5, 0.6) is 5.75 Å². The van der Waals surface area contributed by atoms with E-state index in [4.69, 9.17) is 4.74 Å². The van der Waals surface area contributed by atoms with Gasteiger partial charge in [-0.1, -0.05) is 28.1 Å². The number of ether oxygens (including phenoxy) is 1. The van der Waals surface area contributed by atoms with E-state index in [1.165, 1.54) is 11.3 Å².